The molecule has 0 rings (SSSR count). The molecule has 0 spiro atoms. The average Bonchev–Trinajstić information content (AvgIpc) is 0. The molecule has 0 saturated carbocycles. The van der Waals surface area contributed by atoms with E-state index in [-0.39, 0.29) is 102 Å². The third-order valence-corrected chi connectivity index (χ3v) is 0. The van der Waals surface area contributed by atoms with Crippen LogP contribution >= 0.6 is 0 Å². The standard InChI is InChI=1S/In.5O.Sb.Sn/q+3;5*-2;+3;+4. The van der Waals surface area contributed by atoms with Crippen LogP contribution in [0.25, 0.3) is 0 Å². The zero-order chi connectivity index (χ0) is 0. The summed E-state index contributed by atoms with van der Waals surface area (Å²) in [6.45, 7) is 0. The molecule has 0 aromatic heterocycles. The van der Waals surface area contributed by atoms with Crippen LogP contribution in [0.2, 0.25) is 0 Å². The molecule has 0 aromatic rings. The van der Waals surface area contributed by atoms with E-state index in [9.17, 15) is 0 Å². The molecule has 5 nitrogen and oxygen atoms in total. The van der Waals surface area contributed by atoms with Gasteiger partial charge in [-0.25, -0.2) is 0 Å². The summed E-state index contributed by atoms with van der Waals surface area (Å²) in [6.07, 6.45) is 0. The Labute approximate surface area is 100 Å². The molecule has 0 amide bonds. The van der Waals surface area contributed by atoms with Crippen molar-refractivity contribution < 1.29 is 27.4 Å². The van der Waals surface area contributed by atoms with E-state index in [1.807, 2.05) is 0 Å². The van der Waals surface area contributed by atoms with Gasteiger partial charge in [-0.15, -0.1) is 0 Å². The molecule has 0 unspecified atom stereocenters. The summed E-state index contributed by atoms with van der Waals surface area (Å²) in [6, 6.07) is 0. The topological polar surface area (TPSA) is 142 Å². The molecule has 8 heavy (non-hydrogen) atoms. The van der Waals surface area contributed by atoms with Crippen LogP contribution in [0.4, 0.5) is 0 Å². The van der Waals surface area contributed by atoms with Gasteiger partial charge >= 0.3 is 74.2 Å². The SMILES string of the molecule is [In+3].[O-2].[O-2].[O-2].[O-2].[O-2].[Sb+3].[Sn+4]. The minimum atomic E-state index is 0. The molecular formula is InO5SbSn. The molecule has 42 valence electrons. The fourth-order valence-corrected chi connectivity index (χ4v) is 0. The molecule has 0 N–H and O–H groups in total. The average molecular weight is 435 g/mol. The van der Waals surface area contributed by atoms with Crippen molar-refractivity contribution in [1.29, 1.82) is 0 Å². The number of hydrogen-bond donors (Lipinski definition) is 0. The second kappa shape index (κ2) is 122. The van der Waals surface area contributed by atoms with E-state index in [0.29, 0.717) is 0 Å². The summed E-state index contributed by atoms with van der Waals surface area (Å²) in [5.74, 6) is 0. The summed E-state index contributed by atoms with van der Waals surface area (Å²) >= 11 is 0. The van der Waals surface area contributed by atoms with Crippen molar-refractivity contribution in [2.24, 2.45) is 0 Å². The Morgan fingerprint density at radius 3 is 0.500 bits per heavy atom. The predicted octanol–water partition coefficient (Wildman–Crippen LogP) is -1.74. The smallest absolute Gasteiger partial charge is 2.00 e. The Kier molecular flexibility index (Phi) is 2590. The monoisotopic (exact) mass is 436 g/mol. The Bertz CT molecular complexity index is 12.4. The van der Waals surface area contributed by atoms with Gasteiger partial charge in [0, 0.05) is 0 Å². The fourth-order valence-electron chi connectivity index (χ4n) is 0. The minimum absolute atomic E-state index is 0. The van der Waals surface area contributed by atoms with E-state index in [2.05, 4.69) is 0 Å². The van der Waals surface area contributed by atoms with Gasteiger partial charge in [0.05, 0.1) is 0 Å². The van der Waals surface area contributed by atoms with Crippen LogP contribution in [0.1, 0.15) is 0 Å². The fraction of sp³-hybridized carbons (Fsp3) is 0. The first kappa shape index (κ1) is 170. The zero-order valence-corrected chi connectivity index (χ0v) is 12.3. The Morgan fingerprint density at radius 2 is 0.500 bits per heavy atom. The van der Waals surface area contributed by atoms with Gasteiger partial charge in [-0.05, 0) is 0 Å². The first-order valence-corrected chi connectivity index (χ1v) is 0. The van der Waals surface area contributed by atoms with Gasteiger partial charge in [0.25, 0.3) is 0 Å². The Hall–Kier alpha value is 2.29. The third-order valence-electron chi connectivity index (χ3n) is 0. The first-order valence-electron chi connectivity index (χ1n) is 0. The molecule has 0 atom stereocenters. The van der Waals surface area contributed by atoms with Gasteiger partial charge in [-0.2, -0.15) is 0 Å². The minimum Gasteiger partial charge on any atom is -2.00 e. The van der Waals surface area contributed by atoms with Crippen molar-refractivity contribution in [3.05, 3.63) is 0 Å². The van der Waals surface area contributed by atoms with Gasteiger partial charge in [0.15, 0.2) is 0 Å². The van der Waals surface area contributed by atoms with Crippen LogP contribution in [0, 0.1) is 0 Å². The molecule has 0 aliphatic heterocycles. The molecule has 0 bridgehead atoms. The molecule has 0 heterocycles. The zero-order valence-electron chi connectivity index (χ0n) is 3.57. The Morgan fingerprint density at radius 1 is 0.500 bits per heavy atom. The van der Waals surface area contributed by atoms with Crippen LogP contribution in [0.15, 0.2) is 0 Å². The normalized spacial score (nSPS) is 0. The van der Waals surface area contributed by atoms with Crippen LogP contribution in [0.3, 0.4) is 0 Å². The molecule has 0 aliphatic carbocycles. The van der Waals surface area contributed by atoms with E-state index in [1.165, 1.54) is 0 Å². The van der Waals surface area contributed by atoms with Gasteiger partial charge in [0.2, 0.25) is 0 Å². The summed E-state index contributed by atoms with van der Waals surface area (Å²) in [5.41, 5.74) is 0. The largest absolute Gasteiger partial charge is 4.00 e. The van der Waals surface area contributed by atoms with E-state index in [0.717, 1.165) is 0 Å². The predicted molar refractivity (Wildman–Crippen MR) is 20.7 cm³/mol. The van der Waals surface area contributed by atoms with Crippen LogP contribution in [-0.2, 0) is 27.4 Å². The van der Waals surface area contributed by atoms with Crippen LogP contribution < -0.4 is 0 Å². The molecule has 0 saturated heterocycles. The van der Waals surface area contributed by atoms with Crippen molar-refractivity contribution in [3.63, 3.8) is 0 Å². The van der Waals surface area contributed by atoms with E-state index >= 15 is 0 Å². The summed E-state index contributed by atoms with van der Waals surface area (Å²) in [4.78, 5) is 0. The van der Waals surface area contributed by atoms with Crippen molar-refractivity contribution >= 4 is 74.2 Å². The van der Waals surface area contributed by atoms with E-state index in [4.69, 9.17) is 0 Å². The van der Waals surface area contributed by atoms with Crippen LogP contribution in [-0.4, -0.2) is 74.2 Å². The molecule has 0 fully saturated rings. The molecule has 0 aliphatic rings. The molecule has 0 aromatic carbocycles. The molecule has 8 heteroatoms. The van der Waals surface area contributed by atoms with E-state index < -0.39 is 0 Å². The number of rotatable bonds is 0. The second-order valence-corrected chi connectivity index (χ2v) is 0. The Balaban J connectivity index is 0. The van der Waals surface area contributed by atoms with Crippen molar-refractivity contribution in [3.8, 4) is 0 Å². The second-order valence-electron chi connectivity index (χ2n) is 0. The van der Waals surface area contributed by atoms with Crippen molar-refractivity contribution in [2.45, 2.75) is 0 Å². The first-order chi connectivity index (χ1) is 0. The van der Waals surface area contributed by atoms with Gasteiger partial charge in [0.1, 0.15) is 0 Å². The van der Waals surface area contributed by atoms with Gasteiger partial charge in [-0.3, -0.25) is 0 Å². The van der Waals surface area contributed by atoms with Crippen LogP contribution in [0.5, 0.6) is 0 Å². The van der Waals surface area contributed by atoms with E-state index in [1.54, 1.807) is 0 Å². The maximum atomic E-state index is 0. The summed E-state index contributed by atoms with van der Waals surface area (Å²) < 4.78 is 0. The maximum Gasteiger partial charge on any atom is 4.00 e. The quantitative estimate of drug-likeness (QED) is 0.399. The van der Waals surface area contributed by atoms with Crippen molar-refractivity contribution in [2.75, 3.05) is 0 Å². The maximum absolute atomic E-state index is 0. The molecule has 2 radical (unpaired) electrons. The summed E-state index contributed by atoms with van der Waals surface area (Å²) in [5, 5.41) is 0. The van der Waals surface area contributed by atoms with Gasteiger partial charge < -0.3 is 27.4 Å². The summed E-state index contributed by atoms with van der Waals surface area (Å²) in [7, 11) is 0. The number of hydrogen-bond acceptors (Lipinski definition) is 0. The molecular weight excluding hydrogens is 435 g/mol. The third kappa shape index (κ3) is 84.1. The van der Waals surface area contributed by atoms with Gasteiger partial charge in [-0.1, -0.05) is 0 Å². The van der Waals surface area contributed by atoms with Crippen molar-refractivity contribution in [1.82, 2.24) is 0 Å².